The Bertz CT molecular complexity index is 292. The number of allylic oxidation sites excluding steroid dienone is 1. The molecule has 2 heterocycles. The van der Waals surface area contributed by atoms with E-state index in [9.17, 15) is 4.79 Å². The van der Waals surface area contributed by atoms with E-state index in [1.807, 2.05) is 31.5 Å². The number of aromatic nitrogens is 1. The molecule has 0 saturated carbocycles. The summed E-state index contributed by atoms with van der Waals surface area (Å²) < 4.78 is 0. The highest BCUT2D eigenvalue weighted by atomic mass is 16.1. The number of nitrogens with zero attached hydrogens (tertiary/aromatic N) is 1. The van der Waals surface area contributed by atoms with Gasteiger partial charge in [-0.05, 0) is 25.1 Å². The maximum Gasteiger partial charge on any atom is 0.162 e. The van der Waals surface area contributed by atoms with Gasteiger partial charge in [0.25, 0.3) is 0 Å². The first kappa shape index (κ1) is 9.45. The lowest BCUT2D eigenvalue weighted by Crippen LogP contribution is -2.03. The smallest absolute Gasteiger partial charge is 0.162 e. The number of nitrogens with one attached hydrogen (secondary N) is 1. The van der Waals surface area contributed by atoms with Crippen LogP contribution >= 0.6 is 0 Å². The number of carbonyl (C=O) groups excluding carboxylic acids is 1. The van der Waals surface area contributed by atoms with Crippen LogP contribution in [-0.4, -0.2) is 16.5 Å². The number of hydrogen-bond acceptors (Lipinski definition) is 2. The Balaban J connectivity index is 0.000000145. The monoisotopic (exact) mass is 176 g/mol. The minimum atomic E-state index is 0.150. The highest BCUT2D eigenvalue weighted by Crippen LogP contribution is 1.96. The predicted molar refractivity (Wildman–Crippen MR) is 52.7 cm³/mol. The topological polar surface area (TPSA) is 45.2 Å². The zero-order valence-corrected chi connectivity index (χ0v) is 7.53. The molecule has 0 spiro atoms. The summed E-state index contributed by atoms with van der Waals surface area (Å²) in [5.41, 5.74) is 0.900. The zero-order chi connectivity index (χ0) is 9.52. The molecule has 1 aromatic heterocycles. The first-order valence-corrected chi connectivity index (χ1v) is 4.09. The second-order valence-corrected chi connectivity index (χ2v) is 2.71. The quantitative estimate of drug-likeness (QED) is 0.645. The summed E-state index contributed by atoms with van der Waals surface area (Å²) in [6.07, 6.45) is 7.28. The molecule has 0 unspecified atom stereocenters. The second-order valence-electron chi connectivity index (χ2n) is 2.71. The number of H-pyrrole nitrogens is 1. The first-order chi connectivity index (χ1) is 6.29. The normalized spacial score (nSPS) is 14.5. The number of aliphatic imine (C=N–C) groups is 1. The summed E-state index contributed by atoms with van der Waals surface area (Å²) in [6, 6.07) is 3.89. The zero-order valence-electron chi connectivity index (χ0n) is 7.53. The molecule has 1 aliphatic rings. The molecule has 1 aliphatic heterocycles. The van der Waals surface area contributed by atoms with E-state index in [-0.39, 0.29) is 5.78 Å². The van der Waals surface area contributed by atoms with Gasteiger partial charge >= 0.3 is 0 Å². The molecule has 0 aromatic carbocycles. The van der Waals surface area contributed by atoms with Crippen molar-refractivity contribution in [2.75, 3.05) is 0 Å². The van der Waals surface area contributed by atoms with Gasteiger partial charge in [0.15, 0.2) is 5.78 Å². The third kappa shape index (κ3) is 4.06. The molecule has 0 radical (unpaired) electrons. The van der Waals surface area contributed by atoms with E-state index in [4.69, 9.17) is 0 Å². The van der Waals surface area contributed by atoms with E-state index in [0.29, 0.717) is 6.42 Å². The number of aromatic amines is 1. The Morgan fingerprint density at radius 3 is 2.38 bits per heavy atom. The Hall–Kier alpha value is -1.64. The van der Waals surface area contributed by atoms with Crippen molar-refractivity contribution in [2.24, 2.45) is 4.99 Å². The molecule has 0 amide bonds. The Morgan fingerprint density at radius 2 is 2.08 bits per heavy atom. The molecule has 3 nitrogen and oxygen atoms in total. The fraction of sp³-hybridized carbons (Fsp3) is 0.200. The van der Waals surface area contributed by atoms with Crippen LogP contribution in [0.15, 0.2) is 41.8 Å². The van der Waals surface area contributed by atoms with Crippen molar-refractivity contribution < 1.29 is 4.79 Å². The molecule has 68 valence electrons. The summed E-state index contributed by atoms with van der Waals surface area (Å²) in [7, 11) is 0. The summed E-state index contributed by atoms with van der Waals surface area (Å²) >= 11 is 0. The largest absolute Gasteiger partial charge is 0.368 e. The maximum atomic E-state index is 10.5. The highest BCUT2D eigenvalue weighted by molar-refractivity contribution is 6.07. The van der Waals surface area contributed by atoms with E-state index < -0.39 is 0 Å². The molecular weight excluding hydrogens is 164 g/mol. The molecular formula is C10H12N2O. The Kier molecular flexibility index (Phi) is 3.70. The van der Waals surface area contributed by atoms with E-state index in [1.165, 1.54) is 6.08 Å². The van der Waals surface area contributed by atoms with Gasteiger partial charge in [-0.15, -0.1) is 0 Å². The van der Waals surface area contributed by atoms with E-state index in [0.717, 1.165) is 5.71 Å². The fourth-order valence-electron chi connectivity index (χ4n) is 0.882. The number of carbonyl (C=O) groups is 1. The minimum absolute atomic E-state index is 0.150. The molecule has 3 heteroatoms. The van der Waals surface area contributed by atoms with E-state index in [1.54, 1.807) is 6.20 Å². The van der Waals surface area contributed by atoms with E-state index in [2.05, 4.69) is 9.98 Å². The Labute approximate surface area is 77.2 Å². The van der Waals surface area contributed by atoms with Crippen LogP contribution in [0.3, 0.4) is 0 Å². The molecule has 0 aliphatic carbocycles. The van der Waals surface area contributed by atoms with Crippen molar-refractivity contribution in [3.8, 4) is 0 Å². The van der Waals surface area contributed by atoms with Crippen molar-refractivity contribution in [3.63, 3.8) is 0 Å². The van der Waals surface area contributed by atoms with Crippen molar-refractivity contribution >= 4 is 11.5 Å². The standard InChI is InChI=1S/C6H7NO.C4H5N/c1-5-4-6(8)2-3-7-5;1-2-4-5-3-1/h2-3H,4H2,1H3;1-5H. The maximum absolute atomic E-state index is 10.5. The lowest BCUT2D eigenvalue weighted by atomic mass is 10.2. The summed E-state index contributed by atoms with van der Waals surface area (Å²) in [5.74, 6) is 0.150. The minimum Gasteiger partial charge on any atom is -0.368 e. The third-order valence-corrected chi connectivity index (χ3v) is 1.48. The van der Waals surface area contributed by atoms with Gasteiger partial charge < -0.3 is 4.98 Å². The van der Waals surface area contributed by atoms with Gasteiger partial charge in [-0.1, -0.05) is 0 Å². The lowest BCUT2D eigenvalue weighted by Gasteiger charge is -1.97. The summed E-state index contributed by atoms with van der Waals surface area (Å²) in [5, 5.41) is 0. The van der Waals surface area contributed by atoms with Crippen LogP contribution in [0.2, 0.25) is 0 Å². The van der Waals surface area contributed by atoms with Crippen LogP contribution < -0.4 is 0 Å². The fourth-order valence-corrected chi connectivity index (χ4v) is 0.882. The van der Waals surface area contributed by atoms with Crippen molar-refractivity contribution in [1.82, 2.24) is 4.98 Å². The second kappa shape index (κ2) is 5.09. The van der Waals surface area contributed by atoms with Crippen LogP contribution in [-0.2, 0) is 4.79 Å². The Morgan fingerprint density at radius 1 is 1.38 bits per heavy atom. The highest BCUT2D eigenvalue weighted by Gasteiger charge is 2.01. The van der Waals surface area contributed by atoms with Crippen molar-refractivity contribution in [2.45, 2.75) is 13.3 Å². The van der Waals surface area contributed by atoms with Crippen LogP contribution in [0, 0.1) is 0 Å². The van der Waals surface area contributed by atoms with Crippen LogP contribution in [0.1, 0.15) is 13.3 Å². The third-order valence-electron chi connectivity index (χ3n) is 1.48. The summed E-state index contributed by atoms with van der Waals surface area (Å²) in [6.45, 7) is 1.85. The van der Waals surface area contributed by atoms with Crippen LogP contribution in [0.25, 0.3) is 0 Å². The van der Waals surface area contributed by atoms with Gasteiger partial charge in [-0.25, -0.2) is 0 Å². The van der Waals surface area contributed by atoms with Crippen molar-refractivity contribution in [3.05, 3.63) is 36.8 Å². The van der Waals surface area contributed by atoms with Crippen LogP contribution in [0.4, 0.5) is 0 Å². The average molecular weight is 176 g/mol. The molecule has 0 bridgehead atoms. The van der Waals surface area contributed by atoms with Gasteiger partial charge in [-0.3, -0.25) is 9.79 Å². The molecule has 1 aromatic rings. The number of ketones is 1. The molecule has 2 rings (SSSR count). The number of rotatable bonds is 0. The molecule has 1 N–H and O–H groups in total. The van der Waals surface area contributed by atoms with Crippen molar-refractivity contribution in [1.29, 1.82) is 0 Å². The lowest BCUT2D eigenvalue weighted by molar-refractivity contribution is -0.113. The average Bonchev–Trinajstić information content (AvgIpc) is 2.59. The van der Waals surface area contributed by atoms with Crippen LogP contribution in [0.5, 0.6) is 0 Å². The molecule has 13 heavy (non-hydrogen) atoms. The summed E-state index contributed by atoms with van der Waals surface area (Å²) in [4.78, 5) is 17.3. The van der Waals surface area contributed by atoms with Gasteiger partial charge in [0, 0.05) is 30.7 Å². The number of hydrogen-bond donors (Lipinski definition) is 1. The first-order valence-electron chi connectivity index (χ1n) is 4.09. The molecule has 0 atom stereocenters. The van der Waals surface area contributed by atoms with Gasteiger partial charge in [0.05, 0.1) is 0 Å². The SMILES string of the molecule is CC1=NC=CC(=O)C1.c1cc[nH]c1. The molecule has 0 saturated heterocycles. The van der Waals surface area contributed by atoms with Gasteiger partial charge in [0.2, 0.25) is 0 Å². The predicted octanol–water partition coefficient (Wildman–Crippen LogP) is 1.95. The van der Waals surface area contributed by atoms with E-state index >= 15 is 0 Å². The molecule has 0 fully saturated rings. The van der Waals surface area contributed by atoms with Gasteiger partial charge in [-0.2, -0.15) is 0 Å². The van der Waals surface area contributed by atoms with Gasteiger partial charge in [0.1, 0.15) is 0 Å².